The molecule has 0 spiro atoms. The summed E-state index contributed by atoms with van der Waals surface area (Å²) in [6.45, 7) is 3.86. The van der Waals surface area contributed by atoms with Gasteiger partial charge in [-0.25, -0.2) is 21.6 Å². The molecular weight excluding hydrogens is 303 g/mol. The first-order valence-electron chi connectivity index (χ1n) is 6.89. The van der Waals surface area contributed by atoms with E-state index < -0.39 is 33.3 Å². The van der Waals surface area contributed by atoms with Gasteiger partial charge in [-0.3, -0.25) is 0 Å². The molecule has 0 fully saturated rings. The SMILES string of the molecule is CCNC(CCCS(=O)(=O)CC)c1ccc(F)c(F)c1F. The highest BCUT2D eigenvalue weighted by Crippen LogP contribution is 2.25. The Bertz CT molecular complexity index is 576. The van der Waals surface area contributed by atoms with Crippen LogP contribution in [0.3, 0.4) is 0 Å². The average molecular weight is 323 g/mol. The number of hydrogen-bond donors (Lipinski definition) is 1. The molecule has 0 bridgehead atoms. The van der Waals surface area contributed by atoms with Crippen molar-refractivity contribution < 1.29 is 21.6 Å². The van der Waals surface area contributed by atoms with Crippen molar-refractivity contribution in [1.29, 1.82) is 0 Å². The van der Waals surface area contributed by atoms with Gasteiger partial charge in [-0.05, 0) is 25.5 Å². The third-order valence-electron chi connectivity index (χ3n) is 3.28. The highest BCUT2D eigenvalue weighted by Gasteiger charge is 2.20. The summed E-state index contributed by atoms with van der Waals surface area (Å²) in [5, 5.41) is 2.97. The first kappa shape index (κ1) is 18.0. The van der Waals surface area contributed by atoms with E-state index in [1.807, 2.05) is 0 Å². The molecular formula is C14H20F3NO2S. The van der Waals surface area contributed by atoms with Crippen LogP contribution in [-0.2, 0) is 9.84 Å². The van der Waals surface area contributed by atoms with Gasteiger partial charge in [-0.1, -0.05) is 19.9 Å². The molecule has 1 aromatic rings. The lowest BCUT2D eigenvalue weighted by molar-refractivity contribution is 0.418. The van der Waals surface area contributed by atoms with Crippen LogP contribution in [0.4, 0.5) is 13.2 Å². The van der Waals surface area contributed by atoms with Crippen molar-refractivity contribution in [3.63, 3.8) is 0 Å². The minimum atomic E-state index is -3.09. The molecule has 1 aromatic carbocycles. The maximum Gasteiger partial charge on any atom is 0.194 e. The third-order valence-corrected chi connectivity index (χ3v) is 5.07. The molecule has 0 aliphatic heterocycles. The Kier molecular flexibility index (Phi) is 6.67. The van der Waals surface area contributed by atoms with Crippen LogP contribution in [0.5, 0.6) is 0 Å². The van der Waals surface area contributed by atoms with Gasteiger partial charge in [0, 0.05) is 17.4 Å². The van der Waals surface area contributed by atoms with Crippen LogP contribution in [0.15, 0.2) is 12.1 Å². The smallest absolute Gasteiger partial charge is 0.194 e. The summed E-state index contributed by atoms with van der Waals surface area (Å²) in [7, 11) is -3.09. The van der Waals surface area contributed by atoms with Crippen LogP contribution in [0.1, 0.15) is 38.3 Å². The predicted molar refractivity (Wildman–Crippen MR) is 76.3 cm³/mol. The summed E-state index contributed by atoms with van der Waals surface area (Å²) < 4.78 is 62.9. The largest absolute Gasteiger partial charge is 0.310 e. The summed E-state index contributed by atoms with van der Waals surface area (Å²) in [6, 6.07) is 1.52. The molecule has 0 aromatic heterocycles. The van der Waals surface area contributed by atoms with E-state index in [0.29, 0.717) is 19.4 Å². The van der Waals surface area contributed by atoms with Gasteiger partial charge in [0.15, 0.2) is 17.5 Å². The number of benzene rings is 1. The molecule has 1 unspecified atom stereocenters. The Morgan fingerprint density at radius 3 is 2.38 bits per heavy atom. The van der Waals surface area contributed by atoms with Crippen LogP contribution >= 0.6 is 0 Å². The molecule has 0 saturated heterocycles. The number of rotatable bonds is 8. The number of halogens is 3. The Balaban J connectivity index is 2.85. The zero-order valence-electron chi connectivity index (χ0n) is 12.1. The van der Waals surface area contributed by atoms with E-state index in [9.17, 15) is 21.6 Å². The Morgan fingerprint density at radius 1 is 1.14 bits per heavy atom. The maximum absolute atomic E-state index is 13.8. The lowest BCUT2D eigenvalue weighted by atomic mass is 10.0. The maximum atomic E-state index is 13.8. The summed E-state index contributed by atoms with van der Waals surface area (Å²) in [5.74, 6) is -3.91. The predicted octanol–water partition coefficient (Wildman–Crippen LogP) is 2.97. The first-order chi connectivity index (χ1) is 9.82. The molecule has 0 radical (unpaired) electrons. The zero-order chi connectivity index (χ0) is 16.0. The lowest BCUT2D eigenvalue weighted by Crippen LogP contribution is -2.23. The number of hydrogen-bond acceptors (Lipinski definition) is 3. The van der Waals surface area contributed by atoms with Gasteiger partial charge in [0.2, 0.25) is 0 Å². The highest BCUT2D eigenvalue weighted by atomic mass is 32.2. The summed E-state index contributed by atoms with van der Waals surface area (Å²) >= 11 is 0. The van der Waals surface area contributed by atoms with Crippen LogP contribution in [0, 0.1) is 17.5 Å². The quantitative estimate of drug-likeness (QED) is 0.748. The van der Waals surface area contributed by atoms with Gasteiger partial charge in [-0.2, -0.15) is 0 Å². The second-order valence-electron chi connectivity index (χ2n) is 4.75. The van der Waals surface area contributed by atoms with Crippen LogP contribution < -0.4 is 5.32 Å². The van der Waals surface area contributed by atoms with Crippen LogP contribution in [0.2, 0.25) is 0 Å². The summed E-state index contributed by atoms with van der Waals surface area (Å²) in [5.41, 5.74) is 0.0182. The van der Waals surface area contributed by atoms with Crippen molar-refractivity contribution in [1.82, 2.24) is 5.32 Å². The second kappa shape index (κ2) is 7.79. The summed E-state index contributed by atoms with van der Waals surface area (Å²) in [6.07, 6.45) is 0.654. The highest BCUT2D eigenvalue weighted by molar-refractivity contribution is 7.91. The zero-order valence-corrected chi connectivity index (χ0v) is 12.9. The molecule has 120 valence electrons. The van der Waals surface area contributed by atoms with Gasteiger partial charge >= 0.3 is 0 Å². The molecule has 1 N–H and O–H groups in total. The lowest BCUT2D eigenvalue weighted by Gasteiger charge is -2.19. The van der Waals surface area contributed by atoms with Gasteiger partial charge in [0.25, 0.3) is 0 Å². The number of nitrogens with one attached hydrogen (secondary N) is 1. The standard InChI is InChI=1S/C14H20F3NO2S/c1-3-18-12(6-5-9-21(19,20)4-2)10-7-8-11(15)14(17)13(10)16/h7-8,12,18H,3-6,9H2,1-2H3. The van der Waals surface area contributed by atoms with Gasteiger partial charge < -0.3 is 5.32 Å². The van der Waals surface area contributed by atoms with Gasteiger partial charge in [0.1, 0.15) is 9.84 Å². The molecule has 1 atom stereocenters. The molecule has 0 aliphatic carbocycles. The Hall–Kier alpha value is -1.08. The van der Waals surface area contributed by atoms with Crippen molar-refractivity contribution in [2.75, 3.05) is 18.1 Å². The van der Waals surface area contributed by atoms with Crippen molar-refractivity contribution in [2.24, 2.45) is 0 Å². The molecule has 0 amide bonds. The second-order valence-corrected chi connectivity index (χ2v) is 7.23. The van der Waals surface area contributed by atoms with E-state index in [2.05, 4.69) is 5.32 Å². The minimum Gasteiger partial charge on any atom is -0.310 e. The average Bonchev–Trinajstić information content (AvgIpc) is 2.44. The molecule has 7 heteroatoms. The van der Waals surface area contributed by atoms with Crippen molar-refractivity contribution >= 4 is 9.84 Å². The van der Waals surface area contributed by atoms with Crippen LogP contribution in [-0.4, -0.2) is 26.5 Å². The topological polar surface area (TPSA) is 46.2 Å². The molecule has 21 heavy (non-hydrogen) atoms. The normalized spacial score (nSPS) is 13.4. The molecule has 0 saturated carbocycles. The summed E-state index contributed by atoms with van der Waals surface area (Å²) in [4.78, 5) is 0. The molecule has 0 aliphatic rings. The number of sulfone groups is 1. The van der Waals surface area contributed by atoms with E-state index in [-0.39, 0.29) is 17.1 Å². The fourth-order valence-corrected chi connectivity index (χ4v) is 2.97. The van der Waals surface area contributed by atoms with E-state index in [4.69, 9.17) is 0 Å². The van der Waals surface area contributed by atoms with Crippen molar-refractivity contribution in [2.45, 2.75) is 32.7 Å². The Morgan fingerprint density at radius 2 is 1.81 bits per heavy atom. The fourth-order valence-electron chi connectivity index (χ4n) is 2.08. The van der Waals surface area contributed by atoms with Crippen LogP contribution in [0.25, 0.3) is 0 Å². The Labute approximate surface area is 123 Å². The van der Waals surface area contributed by atoms with E-state index in [1.165, 1.54) is 6.07 Å². The van der Waals surface area contributed by atoms with E-state index in [0.717, 1.165) is 6.07 Å². The molecule has 1 rings (SSSR count). The molecule has 3 nitrogen and oxygen atoms in total. The van der Waals surface area contributed by atoms with Crippen molar-refractivity contribution in [3.05, 3.63) is 35.1 Å². The van der Waals surface area contributed by atoms with E-state index in [1.54, 1.807) is 13.8 Å². The van der Waals surface area contributed by atoms with Crippen molar-refractivity contribution in [3.8, 4) is 0 Å². The third kappa shape index (κ3) is 5.00. The molecule has 0 heterocycles. The first-order valence-corrected chi connectivity index (χ1v) is 8.71. The monoisotopic (exact) mass is 323 g/mol. The minimum absolute atomic E-state index is 0.00328. The fraction of sp³-hybridized carbons (Fsp3) is 0.571. The van der Waals surface area contributed by atoms with Gasteiger partial charge in [-0.15, -0.1) is 0 Å². The van der Waals surface area contributed by atoms with Gasteiger partial charge in [0.05, 0.1) is 5.75 Å². The van der Waals surface area contributed by atoms with E-state index >= 15 is 0 Å².